The summed E-state index contributed by atoms with van der Waals surface area (Å²) >= 11 is 0. The fourth-order valence-corrected chi connectivity index (χ4v) is 2.48. The van der Waals surface area contributed by atoms with Gasteiger partial charge in [-0.1, -0.05) is 29.9 Å². The van der Waals surface area contributed by atoms with Crippen LogP contribution >= 0.6 is 0 Å². The summed E-state index contributed by atoms with van der Waals surface area (Å²) in [6.45, 7) is 2.46. The minimum absolute atomic E-state index is 0.266. The van der Waals surface area contributed by atoms with Gasteiger partial charge in [-0.3, -0.25) is 0 Å². The van der Waals surface area contributed by atoms with Crippen molar-refractivity contribution < 1.29 is 10.2 Å². The van der Waals surface area contributed by atoms with Gasteiger partial charge in [-0.2, -0.15) is 0 Å². The predicted molar refractivity (Wildman–Crippen MR) is 66.1 cm³/mol. The first-order chi connectivity index (χ1) is 7.66. The van der Waals surface area contributed by atoms with Crippen LogP contribution in [0.4, 0.5) is 0 Å². The standard InChI is InChI=1S/C13H11BO2/c1-14-12-4-2-8(15)6-10(12)11-7-9(16)3-5-13(11)14/h2-7,15-16H,1H3. The van der Waals surface area contributed by atoms with Crippen LogP contribution in [-0.4, -0.2) is 16.9 Å². The number of phenols is 2. The number of hydrogen-bond donors (Lipinski definition) is 2. The third-order valence-electron chi connectivity index (χ3n) is 3.30. The molecule has 1 aliphatic rings. The number of rotatable bonds is 0. The van der Waals surface area contributed by atoms with E-state index >= 15 is 0 Å². The van der Waals surface area contributed by atoms with E-state index in [0.29, 0.717) is 6.71 Å². The van der Waals surface area contributed by atoms with Crippen LogP contribution < -0.4 is 10.9 Å². The molecule has 0 radical (unpaired) electrons. The molecule has 0 bridgehead atoms. The maximum atomic E-state index is 9.52. The van der Waals surface area contributed by atoms with Crippen molar-refractivity contribution in [1.29, 1.82) is 0 Å². The summed E-state index contributed by atoms with van der Waals surface area (Å²) in [5.74, 6) is 0.532. The van der Waals surface area contributed by atoms with Gasteiger partial charge in [0.25, 0.3) is 0 Å². The van der Waals surface area contributed by atoms with Crippen LogP contribution in [0.2, 0.25) is 6.82 Å². The zero-order valence-corrected chi connectivity index (χ0v) is 8.94. The first-order valence-electron chi connectivity index (χ1n) is 5.33. The van der Waals surface area contributed by atoms with E-state index in [-0.39, 0.29) is 11.5 Å². The number of aromatic hydroxyl groups is 2. The molecule has 1 aliphatic heterocycles. The van der Waals surface area contributed by atoms with Crippen molar-refractivity contribution in [3.8, 4) is 22.6 Å². The largest absolute Gasteiger partial charge is 0.508 e. The molecular formula is C13H11BO2. The summed E-state index contributed by atoms with van der Waals surface area (Å²) in [6, 6.07) is 10.8. The van der Waals surface area contributed by atoms with E-state index in [2.05, 4.69) is 6.82 Å². The molecule has 78 valence electrons. The van der Waals surface area contributed by atoms with Crippen molar-refractivity contribution in [2.24, 2.45) is 0 Å². The zero-order chi connectivity index (χ0) is 11.3. The molecule has 2 aromatic carbocycles. The molecule has 0 unspecified atom stereocenters. The van der Waals surface area contributed by atoms with Gasteiger partial charge in [0.2, 0.25) is 6.71 Å². The zero-order valence-electron chi connectivity index (χ0n) is 8.94. The lowest BCUT2D eigenvalue weighted by atomic mass is 9.45. The van der Waals surface area contributed by atoms with Gasteiger partial charge in [0.05, 0.1) is 0 Å². The first-order valence-corrected chi connectivity index (χ1v) is 5.33. The molecular weight excluding hydrogens is 199 g/mol. The van der Waals surface area contributed by atoms with Gasteiger partial charge in [0.15, 0.2) is 0 Å². The van der Waals surface area contributed by atoms with E-state index in [0.717, 1.165) is 11.1 Å². The second kappa shape index (κ2) is 3.05. The van der Waals surface area contributed by atoms with Crippen LogP contribution in [0, 0.1) is 0 Å². The highest BCUT2D eigenvalue weighted by Gasteiger charge is 2.28. The van der Waals surface area contributed by atoms with E-state index in [4.69, 9.17) is 0 Å². The second-order valence-electron chi connectivity index (χ2n) is 4.26. The molecule has 0 aromatic heterocycles. The SMILES string of the molecule is CB1c2ccc(O)cc2-c2cc(O)ccc21. The number of phenolic OH excluding ortho intramolecular Hbond substituents is 2. The number of fused-ring (bicyclic) bond motifs is 3. The maximum absolute atomic E-state index is 9.52. The minimum Gasteiger partial charge on any atom is -0.508 e. The quantitative estimate of drug-likeness (QED) is 0.643. The lowest BCUT2D eigenvalue weighted by Gasteiger charge is -2.02. The lowest BCUT2D eigenvalue weighted by Crippen LogP contribution is -2.34. The highest BCUT2D eigenvalue weighted by molar-refractivity contribution is 6.88. The number of hydrogen-bond acceptors (Lipinski definition) is 2. The molecule has 3 heteroatoms. The Kier molecular flexibility index (Phi) is 1.78. The fraction of sp³-hybridized carbons (Fsp3) is 0.0769. The van der Waals surface area contributed by atoms with Crippen LogP contribution in [0.5, 0.6) is 11.5 Å². The Morgan fingerprint density at radius 1 is 0.812 bits per heavy atom. The average molecular weight is 210 g/mol. The topological polar surface area (TPSA) is 40.5 Å². The molecule has 0 atom stereocenters. The Morgan fingerprint density at radius 2 is 1.25 bits per heavy atom. The van der Waals surface area contributed by atoms with Crippen molar-refractivity contribution in [2.75, 3.05) is 0 Å². The summed E-state index contributed by atoms with van der Waals surface area (Å²) in [5, 5.41) is 19.0. The van der Waals surface area contributed by atoms with E-state index in [1.807, 2.05) is 12.1 Å². The Labute approximate surface area is 94.3 Å². The third-order valence-corrected chi connectivity index (χ3v) is 3.30. The summed E-state index contributed by atoms with van der Waals surface area (Å²) in [7, 11) is 0. The molecule has 0 amide bonds. The van der Waals surface area contributed by atoms with E-state index in [1.54, 1.807) is 24.3 Å². The van der Waals surface area contributed by atoms with Crippen LogP contribution in [-0.2, 0) is 0 Å². The van der Waals surface area contributed by atoms with Crippen LogP contribution in [0.25, 0.3) is 11.1 Å². The summed E-state index contributed by atoms with van der Waals surface area (Å²) in [6.07, 6.45) is 0. The Morgan fingerprint density at radius 3 is 1.69 bits per heavy atom. The molecule has 0 fully saturated rings. The smallest absolute Gasteiger partial charge is 0.207 e. The van der Waals surface area contributed by atoms with Crippen LogP contribution in [0.15, 0.2) is 36.4 Å². The van der Waals surface area contributed by atoms with Gasteiger partial charge in [-0.25, -0.2) is 0 Å². The Hall–Kier alpha value is -1.90. The fourth-order valence-electron chi connectivity index (χ4n) is 2.48. The molecule has 2 nitrogen and oxygen atoms in total. The molecule has 2 N–H and O–H groups in total. The van der Waals surface area contributed by atoms with Gasteiger partial charge in [-0.05, 0) is 35.4 Å². The van der Waals surface area contributed by atoms with Crippen LogP contribution in [0.1, 0.15) is 0 Å². The van der Waals surface area contributed by atoms with Crippen molar-refractivity contribution in [1.82, 2.24) is 0 Å². The lowest BCUT2D eigenvalue weighted by molar-refractivity contribution is 0.474. The molecule has 0 saturated heterocycles. The highest BCUT2D eigenvalue weighted by atomic mass is 16.3. The molecule has 0 aliphatic carbocycles. The van der Waals surface area contributed by atoms with Crippen molar-refractivity contribution in [2.45, 2.75) is 6.82 Å². The number of benzene rings is 2. The van der Waals surface area contributed by atoms with Crippen molar-refractivity contribution in [3.05, 3.63) is 36.4 Å². The van der Waals surface area contributed by atoms with Gasteiger partial charge in [0, 0.05) is 0 Å². The normalized spacial score (nSPS) is 12.4. The molecule has 0 spiro atoms. The molecule has 16 heavy (non-hydrogen) atoms. The third kappa shape index (κ3) is 1.15. The maximum Gasteiger partial charge on any atom is 0.207 e. The summed E-state index contributed by atoms with van der Waals surface area (Å²) in [5.41, 5.74) is 4.47. The predicted octanol–water partition coefficient (Wildman–Crippen LogP) is 1.32. The first kappa shape index (κ1) is 9.34. The van der Waals surface area contributed by atoms with E-state index in [1.165, 1.54) is 10.9 Å². The van der Waals surface area contributed by atoms with E-state index < -0.39 is 0 Å². The summed E-state index contributed by atoms with van der Waals surface area (Å²) < 4.78 is 0. The molecule has 1 heterocycles. The molecule has 3 rings (SSSR count). The molecule has 0 saturated carbocycles. The Balaban J connectivity index is 2.33. The summed E-state index contributed by atoms with van der Waals surface area (Å²) in [4.78, 5) is 0. The second-order valence-corrected chi connectivity index (χ2v) is 4.26. The van der Waals surface area contributed by atoms with Gasteiger partial charge in [-0.15, -0.1) is 0 Å². The van der Waals surface area contributed by atoms with Crippen LogP contribution in [0.3, 0.4) is 0 Å². The van der Waals surface area contributed by atoms with E-state index in [9.17, 15) is 10.2 Å². The van der Waals surface area contributed by atoms with Crippen molar-refractivity contribution >= 4 is 17.6 Å². The van der Waals surface area contributed by atoms with Gasteiger partial charge >= 0.3 is 0 Å². The monoisotopic (exact) mass is 210 g/mol. The average Bonchev–Trinajstić information content (AvgIpc) is 2.52. The molecule has 2 aromatic rings. The Bertz CT molecular complexity index is 527. The highest BCUT2D eigenvalue weighted by Crippen LogP contribution is 2.28. The minimum atomic E-state index is 0.266. The van der Waals surface area contributed by atoms with Gasteiger partial charge in [0.1, 0.15) is 11.5 Å². The van der Waals surface area contributed by atoms with Crippen molar-refractivity contribution in [3.63, 3.8) is 0 Å². The van der Waals surface area contributed by atoms with Gasteiger partial charge < -0.3 is 10.2 Å².